The molecule has 0 aromatic heterocycles. The maximum Gasteiger partial charge on any atom is 0.248 e. The smallest absolute Gasteiger partial charge is 0.248 e. The second-order valence-electron chi connectivity index (χ2n) is 3.71. The van der Waals surface area contributed by atoms with E-state index in [2.05, 4.69) is 5.10 Å². The molecule has 1 aliphatic rings. The van der Waals surface area contributed by atoms with E-state index in [0.717, 1.165) is 11.3 Å². The largest absolute Gasteiger partial charge is 0.497 e. The average molecular weight is 234 g/mol. The van der Waals surface area contributed by atoms with Crippen molar-refractivity contribution in [3.05, 3.63) is 23.8 Å². The molecule has 0 saturated carbocycles. The summed E-state index contributed by atoms with van der Waals surface area (Å²) < 4.78 is 10.4. The van der Waals surface area contributed by atoms with Crippen molar-refractivity contribution in [3.8, 4) is 11.5 Å². The lowest BCUT2D eigenvalue weighted by molar-refractivity contribution is -0.127. The SMILES string of the molecule is COc1ccc(C2=NN(C)C(=O)C2)c(OC)c1. The summed E-state index contributed by atoms with van der Waals surface area (Å²) >= 11 is 0. The zero-order valence-corrected chi connectivity index (χ0v) is 10.1. The Labute approximate surface area is 99.6 Å². The number of hydrogen-bond donors (Lipinski definition) is 0. The van der Waals surface area contributed by atoms with Crippen LogP contribution in [0.2, 0.25) is 0 Å². The van der Waals surface area contributed by atoms with Gasteiger partial charge in [0.1, 0.15) is 11.5 Å². The Bertz CT molecular complexity index is 483. The minimum Gasteiger partial charge on any atom is -0.497 e. The van der Waals surface area contributed by atoms with E-state index in [0.29, 0.717) is 17.9 Å². The van der Waals surface area contributed by atoms with E-state index in [1.54, 1.807) is 27.3 Å². The summed E-state index contributed by atoms with van der Waals surface area (Å²) in [7, 11) is 4.82. The number of benzene rings is 1. The summed E-state index contributed by atoms with van der Waals surface area (Å²) in [6.07, 6.45) is 0.305. The Morgan fingerprint density at radius 1 is 1.29 bits per heavy atom. The van der Waals surface area contributed by atoms with Gasteiger partial charge in [0.15, 0.2) is 0 Å². The zero-order chi connectivity index (χ0) is 12.4. The van der Waals surface area contributed by atoms with Crippen LogP contribution in [0.15, 0.2) is 23.3 Å². The van der Waals surface area contributed by atoms with Gasteiger partial charge in [-0.25, -0.2) is 5.01 Å². The quantitative estimate of drug-likeness (QED) is 0.791. The van der Waals surface area contributed by atoms with E-state index in [-0.39, 0.29) is 5.91 Å². The molecule has 0 fully saturated rings. The second-order valence-corrected chi connectivity index (χ2v) is 3.71. The lowest BCUT2D eigenvalue weighted by atomic mass is 10.1. The first-order chi connectivity index (χ1) is 8.15. The molecule has 5 nitrogen and oxygen atoms in total. The predicted molar refractivity (Wildman–Crippen MR) is 63.5 cm³/mol. The van der Waals surface area contributed by atoms with Crippen LogP contribution in [0.1, 0.15) is 12.0 Å². The highest BCUT2D eigenvalue weighted by molar-refractivity contribution is 6.14. The molecule has 2 rings (SSSR count). The molecule has 0 radical (unpaired) electrons. The fourth-order valence-corrected chi connectivity index (χ4v) is 1.72. The van der Waals surface area contributed by atoms with Crippen LogP contribution in [0.3, 0.4) is 0 Å². The third kappa shape index (κ3) is 2.08. The summed E-state index contributed by atoms with van der Waals surface area (Å²) in [5, 5.41) is 5.53. The first-order valence-corrected chi connectivity index (χ1v) is 5.22. The number of carbonyl (C=O) groups is 1. The highest BCUT2D eigenvalue weighted by Gasteiger charge is 2.23. The molecule has 17 heavy (non-hydrogen) atoms. The predicted octanol–water partition coefficient (Wildman–Crippen LogP) is 1.27. The number of methoxy groups -OCH3 is 2. The Balaban J connectivity index is 2.39. The summed E-state index contributed by atoms with van der Waals surface area (Å²) in [6.45, 7) is 0. The van der Waals surface area contributed by atoms with E-state index in [1.165, 1.54) is 5.01 Å². The first kappa shape index (κ1) is 11.4. The number of hydrogen-bond acceptors (Lipinski definition) is 4. The van der Waals surface area contributed by atoms with Crippen molar-refractivity contribution in [1.82, 2.24) is 5.01 Å². The third-order valence-corrected chi connectivity index (χ3v) is 2.67. The molecule has 1 aliphatic heterocycles. The summed E-state index contributed by atoms with van der Waals surface area (Å²) in [5.41, 5.74) is 1.54. The topological polar surface area (TPSA) is 51.1 Å². The van der Waals surface area contributed by atoms with Crippen LogP contribution in [-0.4, -0.2) is 37.9 Å². The maximum absolute atomic E-state index is 11.4. The zero-order valence-electron chi connectivity index (χ0n) is 10.1. The van der Waals surface area contributed by atoms with Crippen molar-refractivity contribution in [1.29, 1.82) is 0 Å². The molecular formula is C12H14N2O3. The molecule has 0 N–H and O–H groups in total. The Kier molecular flexibility index (Phi) is 2.99. The van der Waals surface area contributed by atoms with Crippen LogP contribution < -0.4 is 9.47 Å². The summed E-state index contributed by atoms with van der Waals surface area (Å²) in [6, 6.07) is 5.45. The number of amides is 1. The Hall–Kier alpha value is -2.04. The third-order valence-electron chi connectivity index (χ3n) is 2.67. The fraction of sp³-hybridized carbons (Fsp3) is 0.333. The van der Waals surface area contributed by atoms with Crippen molar-refractivity contribution < 1.29 is 14.3 Å². The van der Waals surface area contributed by atoms with Gasteiger partial charge in [0.2, 0.25) is 5.91 Å². The number of rotatable bonds is 3. The van der Waals surface area contributed by atoms with E-state index < -0.39 is 0 Å². The molecule has 1 aromatic rings. The van der Waals surface area contributed by atoms with Crippen molar-refractivity contribution in [2.45, 2.75) is 6.42 Å². The minimum atomic E-state index is -0.0159. The molecule has 1 aromatic carbocycles. The van der Waals surface area contributed by atoms with Gasteiger partial charge >= 0.3 is 0 Å². The minimum absolute atomic E-state index is 0.0159. The molecule has 0 spiro atoms. The van der Waals surface area contributed by atoms with E-state index >= 15 is 0 Å². The molecule has 5 heteroatoms. The first-order valence-electron chi connectivity index (χ1n) is 5.22. The van der Waals surface area contributed by atoms with Crippen LogP contribution in [0, 0.1) is 0 Å². The van der Waals surface area contributed by atoms with Crippen molar-refractivity contribution in [2.24, 2.45) is 5.10 Å². The van der Waals surface area contributed by atoms with E-state index in [1.807, 2.05) is 12.1 Å². The fourth-order valence-electron chi connectivity index (χ4n) is 1.72. The number of carbonyl (C=O) groups excluding carboxylic acids is 1. The van der Waals surface area contributed by atoms with Gasteiger partial charge < -0.3 is 9.47 Å². The number of ether oxygens (including phenoxy) is 2. The summed E-state index contributed by atoms with van der Waals surface area (Å²) in [5.74, 6) is 1.35. The highest BCUT2D eigenvalue weighted by atomic mass is 16.5. The van der Waals surface area contributed by atoms with Gasteiger partial charge in [-0.2, -0.15) is 5.10 Å². The van der Waals surface area contributed by atoms with Gasteiger partial charge in [-0.1, -0.05) is 0 Å². The number of hydrazone groups is 1. The Morgan fingerprint density at radius 3 is 2.59 bits per heavy atom. The van der Waals surface area contributed by atoms with Gasteiger partial charge in [0, 0.05) is 18.7 Å². The average Bonchev–Trinajstić information content (AvgIpc) is 2.68. The monoisotopic (exact) mass is 234 g/mol. The molecule has 0 bridgehead atoms. The van der Waals surface area contributed by atoms with Crippen LogP contribution in [0.4, 0.5) is 0 Å². The molecule has 0 unspecified atom stereocenters. The lowest BCUT2D eigenvalue weighted by Gasteiger charge is -2.09. The lowest BCUT2D eigenvalue weighted by Crippen LogP contribution is -2.14. The van der Waals surface area contributed by atoms with Gasteiger partial charge in [-0.15, -0.1) is 0 Å². The molecular weight excluding hydrogens is 220 g/mol. The van der Waals surface area contributed by atoms with Crippen LogP contribution >= 0.6 is 0 Å². The molecule has 90 valence electrons. The van der Waals surface area contributed by atoms with Gasteiger partial charge in [-0.05, 0) is 12.1 Å². The van der Waals surface area contributed by atoms with Gasteiger partial charge in [-0.3, -0.25) is 4.79 Å². The van der Waals surface area contributed by atoms with Crippen molar-refractivity contribution in [2.75, 3.05) is 21.3 Å². The molecule has 0 saturated heterocycles. The van der Waals surface area contributed by atoms with Crippen LogP contribution in [-0.2, 0) is 4.79 Å². The van der Waals surface area contributed by atoms with Gasteiger partial charge in [0.05, 0.1) is 26.4 Å². The van der Waals surface area contributed by atoms with E-state index in [9.17, 15) is 4.79 Å². The van der Waals surface area contributed by atoms with E-state index in [4.69, 9.17) is 9.47 Å². The highest BCUT2D eigenvalue weighted by Crippen LogP contribution is 2.27. The molecule has 0 aliphatic carbocycles. The maximum atomic E-state index is 11.4. The second kappa shape index (κ2) is 4.45. The van der Waals surface area contributed by atoms with Gasteiger partial charge in [0.25, 0.3) is 0 Å². The molecule has 1 heterocycles. The number of nitrogens with zero attached hydrogens (tertiary/aromatic N) is 2. The summed E-state index contributed by atoms with van der Waals surface area (Å²) in [4.78, 5) is 11.4. The Morgan fingerprint density at radius 2 is 2.06 bits per heavy atom. The normalized spacial score (nSPS) is 14.9. The standard InChI is InChI=1S/C12H14N2O3/c1-14-12(15)7-10(13-14)9-5-4-8(16-2)6-11(9)17-3/h4-6H,7H2,1-3H3. The van der Waals surface area contributed by atoms with Crippen molar-refractivity contribution in [3.63, 3.8) is 0 Å². The molecule has 1 amide bonds. The van der Waals surface area contributed by atoms with Crippen LogP contribution in [0.25, 0.3) is 0 Å². The van der Waals surface area contributed by atoms with Crippen molar-refractivity contribution >= 4 is 11.6 Å². The van der Waals surface area contributed by atoms with Crippen LogP contribution in [0.5, 0.6) is 11.5 Å². The molecule has 0 atom stereocenters.